The second kappa shape index (κ2) is 6.48. The van der Waals surface area contributed by atoms with Crippen LogP contribution in [-0.4, -0.2) is 21.8 Å². The predicted molar refractivity (Wildman–Crippen MR) is 78.3 cm³/mol. The minimum atomic E-state index is -0.726. The zero-order chi connectivity index (χ0) is 13.0. The Balaban J connectivity index is 2.36. The van der Waals surface area contributed by atoms with Gasteiger partial charge in [-0.2, -0.15) is 0 Å². The van der Waals surface area contributed by atoms with E-state index in [1.807, 2.05) is 6.92 Å². The van der Waals surface area contributed by atoms with Crippen LogP contribution in [0.3, 0.4) is 0 Å². The Morgan fingerprint density at radius 1 is 1.33 bits per heavy atom. The molecule has 1 aromatic carbocycles. The first-order chi connectivity index (χ1) is 8.77. The van der Waals surface area contributed by atoms with Gasteiger partial charge in [-0.15, -0.1) is 0 Å². The summed E-state index contributed by atoms with van der Waals surface area (Å²) >= 11 is 0. The Morgan fingerprint density at radius 2 is 2.11 bits per heavy atom. The van der Waals surface area contributed by atoms with E-state index in [1.54, 1.807) is 0 Å². The zero-order valence-corrected chi connectivity index (χ0v) is 12.1. The van der Waals surface area contributed by atoms with Crippen LogP contribution < -0.4 is 5.32 Å². The predicted octanol–water partition coefficient (Wildman–Crippen LogP) is 2.81. The Morgan fingerprint density at radius 3 is 2.83 bits per heavy atom. The van der Waals surface area contributed by atoms with Gasteiger partial charge >= 0.3 is 0 Å². The van der Waals surface area contributed by atoms with Crippen molar-refractivity contribution in [2.45, 2.75) is 44.4 Å². The molecule has 0 radical (unpaired) electrons. The lowest BCUT2D eigenvalue weighted by atomic mass is 9.99. The number of hydrogen-bond acceptors (Lipinski definition) is 2. The van der Waals surface area contributed by atoms with E-state index in [0.29, 0.717) is 0 Å². The van der Waals surface area contributed by atoms with E-state index in [0.717, 1.165) is 31.6 Å². The molecule has 0 bridgehead atoms. The van der Waals surface area contributed by atoms with Gasteiger partial charge in [0.15, 0.2) is 0 Å². The average molecular weight is 265 g/mol. The van der Waals surface area contributed by atoms with E-state index in [1.165, 1.54) is 11.1 Å². The summed E-state index contributed by atoms with van der Waals surface area (Å²) in [6.07, 6.45) is 3.33. The monoisotopic (exact) mass is 265 g/mol. The largest absolute Gasteiger partial charge is 0.309 e. The van der Waals surface area contributed by atoms with Crippen molar-refractivity contribution >= 4 is 10.8 Å². The van der Waals surface area contributed by atoms with E-state index in [-0.39, 0.29) is 11.3 Å². The molecule has 100 valence electrons. The van der Waals surface area contributed by atoms with Crippen LogP contribution in [0.5, 0.6) is 0 Å². The summed E-state index contributed by atoms with van der Waals surface area (Å²) in [7, 11) is -0.726. The van der Waals surface area contributed by atoms with Crippen molar-refractivity contribution in [1.29, 1.82) is 0 Å². The maximum Gasteiger partial charge on any atom is 0.0543 e. The highest BCUT2D eigenvalue weighted by Gasteiger charge is 2.30. The standard InChI is InChI=1S/C15H23NOS/c1-3-16-15-13-10-6-5-8-12(13)9-7-11-14(15)18(17)4-2/h5-6,8,10,14-16H,3-4,7,9,11H2,1-2H3. The number of aryl methyl sites for hydroxylation is 1. The van der Waals surface area contributed by atoms with Crippen molar-refractivity contribution in [2.24, 2.45) is 0 Å². The Kier molecular flexibility index (Phi) is 4.95. The molecule has 0 aromatic heterocycles. The van der Waals surface area contributed by atoms with Gasteiger partial charge in [-0.05, 0) is 36.9 Å². The van der Waals surface area contributed by atoms with Gasteiger partial charge in [0, 0.05) is 22.6 Å². The molecule has 0 heterocycles. The van der Waals surface area contributed by atoms with Crippen molar-refractivity contribution < 1.29 is 4.21 Å². The molecule has 0 spiro atoms. The summed E-state index contributed by atoms with van der Waals surface area (Å²) < 4.78 is 12.3. The number of fused-ring (bicyclic) bond motifs is 1. The van der Waals surface area contributed by atoms with Crippen LogP contribution in [0.25, 0.3) is 0 Å². The van der Waals surface area contributed by atoms with Gasteiger partial charge in [-0.25, -0.2) is 0 Å². The Hall–Kier alpha value is -0.670. The van der Waals surface area contributed by atoms with Crippen molar-refractivity contribution in [3.8, 4) is 0 Å². The lowest BCUT2D eigenvalue weighted by Crippen LogP contribution is -2.35. The highest BCUT2D eigenvalue weighted by atomic mass is 32.2. The number of benzene rings is 1. The molecule has 2 nitrogen and oxygen atoms in total. The lowest BCUT2D eigenvalue weighted by Gasteiger charge is -2.26. The number of hydrogen-bond donors (Lipinski definition) is 1. The Labute approximate surface area is 113 Å². The summed E-state index contributed by atoms with van der Waals surface area (Å²) in [5.41, 5.74) is 2.79. The fraction of sp³-hybridized carbons (Fsp3) is 0.600. The normalized spacial score (nSPS) is 25.2. The van der Waals surface area contributed by atoms with Crippen LogP contribution in [0.4, 0.5) is 0 Å². The molecule has 1 aromatic rings. The molecule has 1 N–H and O–H groups in total. The summed E-state index contributed by atoms with van der Waals surface area (Å²) in [5.74, 6) is 0.759. The first kappa shape index (κ1) is 13.8. The molecule has 0 saturated carbocycles. The van der Waals surface area contributed by atoms with E-state index < -0.39 is 10.8 Å². The van der Waals surface area contributed by atoms with E-state index >= 15 is 0 Å². The smallest absolute Gasteiger partial charge is 0.0543 e. The molecule has 2 rings (SSSR count). The number of rotatable bonds is 4. The van der Waals surface area contributed by atoms with Gasteiger partial charge in [-0.3, -0.25) is 4.21 Å². The third-order valence-corrected chi connectivity index (χ3v) is 5.50. The second-order valence-corrected chi connectivity index (χ2v) is 6.78. The molecule has 3 unspecified atom stereocenters. The molecule has 0 saturated heterocycles. The van der Waals surface area contributed by atoms with Crippen LogP contribution in [0.2, 0.25) is 0 Å². The van der Waals surface area contributed by atoms with Crippen LogP contribution in [0.15, 0.2) is 24.3 Å². The topological polar surface area (TPSA) is 29.1 Å². The van der Waals surface area contributed by atoms with E-state index in [2.05, 4.69) is 36.5 Å². The zero-order valence-electron chi connectivity index (χ0n) is 11.3. The molecule has 0 fully saturated rings. The third kappa shape index (κ3) is 2.83. The molecule has 18 heavy (non-hydrogen) atoms. The van der Waals surface area contributed by atoms with Gasteiger partial charge in [-0.1, -0.05) is 38.1 Å². The summed E-state index contributed by atoms with van der Waals surface area (Å²) in [5, 5.41) is 3.82. The maximum absolute atomic E-state index is 12.3. The van der Waals surface area contributed by atoms with Crippen LogP contribution in [-0.2, 0) is 17.2 Å². The highest BCUT2D eigenvalue weighted by Crippen LogP contribution is 2.31. The van der Waals surface area contributed by atoms with E-state index in [4.69, 9.17) is 0 Å². The van der Waals surface area contributed by atoms with Crippen molar-refractivity contribution in [1.82, 2.24) is 5.32 Å². The molecule has 3 heteroatoms. The second-order valence-electron chi connectivity index (χ2n) is 4.83. The fourth-order valence-electron chi connectivity index (χ4n) is 2.88. The van der Waals surface area contributed by atoms with Gasteiger partial charge in [0.2, 0.25) is 0 Å². The average Bonchev–Trinajstić information content (AvgIpc) is 2.59. The maximum atomic E-state index is 12.3. The van der Waals surface area contributed by atoms with E-state index in [9.17, 15) is 4.21 Å². The highest BCUT2D eigenvalue weighted by molar-refractivity contribution is 7.85. The first-order valence-corrected chi connectivity index (χ1v) is 8.34. The first-order valence-electron chi connectivity index (χ1n) is 6.96. The molecular weight excluding hydrogens is 242 g/mol. The van der Waals surface area contributed by atoms with Gasteiger partial charge in [0.1, 0.15) is 0 Å². The van der Waals surface area contributed by atoms with Crippen molar-refractivity contribution in [2.75, 3.05) is 12.3 Å². The summed E-state index contributed by atoms with van der Waals surface area (Å²) in [6.45, 7) is 5.08. The van der Waals surface area contributed by atoms with Crippen LogP contribution in [0, 0.1) is 0 Å². The minimum Gasteiger partial charge on any atom is -0.309 e. The fourth-order valence-corrected chi connectivity index (χ4v) is 4.29. The molecule has 1 aliphatic rings. The Bertz CT molecular complexity index is 419. The van der Waals surface area contributed by atoms with Gasteiger partial charge in [0.05, 0.1) is 5.25 Å². The minimum absolute atomic E-state index is 0.259. The molecule has 1 aliphatic carbocycles. The van der Waals surface area contributed by atoms with Gasteiger partial charge in [0.25, 0.3) is 0 Å². The quantitative estimate of drug-likeness (QED) is 0.848. The van der Waals surface area contributed by atoms with Crippen molar-refractivity contribution in [3.63, 3.8) is 0 Å². The number of nitrogens with one attached hydrogen (secondary N) is 1. The summed E-state index contributed by atoms with van der Waals surface area (Å²) in [4.78, 5) is 0. The molecular formula is C15H23NOS. The SMILES string of the molecule is CCNC1c2ccccc2CCCC1S(=O)CC. The molecule has 0 aliphatic heterocycles. The third-order valence-electron chi connectivity index (χ3n) is 3.74. The van der Waals surface area contributed by atoms with Crippen LogP contribution >= 0.6 is 0 Å². The van der Waals surface area contributed by atoms with Crippen molar-refractivity contribution in [3.05, 3.63) is 35.4 Å². The van der Waals surface area contributed by atoms with Gasteiger partial charge < -0.3 is 5.32 Å². The molecule has 0 amide bonds. The molecule has 3 atom stereocenters. The summed E-state index contributed by atoms with van der Waals surface area (Å²) in [6, 6.07) is 8.89. The van der Waals surface area contributed by atoms with Crippen LogP contribution in [0.1, 0.15) is 43.9 Å². The lowest BCUT2D eigenvalue weighted by molar-refractivity contribution is 0.504.